The molecule has 0 aromatic heterocycles. The van der Waals surface area contributed by atoms with Gasteiger partial charge in [-0.1, -0.05) is 48.5 Å². The van der Waals surface area contributed by atoms with Gasteiger partial charge in [0.15, 0.2) is 23.3 Å². The van der Waals surface area contributed by atoms with Gasteiger partial charge in [0.05, 0.1) is 5.30 Å². The molecule has 1 unspecified atom stereocenters. The van der Waals surface area contributed by atoms with E-state index in [9.17, 15) is 22.0 Å². The summed E-state index contributed by atoms with van der Waals surface area (Å²) in [4.78, 5) is 0. The molecule has 0 N–H and O–H groups in total. The standard InChI is InChI=1S/C19H12F5OP/c20-14-15(21)17(23)19(18(24)16(14)22)26-13-9-5-4-8-12(13)25-10-11-6-2-1-3-7-11/h1-9,26H,10H2. The van der Waals surface area contributed by atoms with E-state index in [1.807, 2.05) is 30.3 Å². The van der Waals surface area contributed by atoms with Crippen LogP contribution in [0.15, 0.2) is 54.6 Å². The zero-order valence-corrected chi connectivity index (χ0v) is 14.2. The lowest BCUT2D eigenvalue weighted by Gasteiger charge is -2.13. The lowest BCUT2D eigenvalue weighted by molar-refractivity contribution is 0.309. The predicted molar refractivity (Wildman–Crippen MR) is 91.0 cm³/mol. The van der Waals surface area contributed by atoms with Gasteiger partial charge in [0.1, 0.15) is 12.4 Å². The molecule has 0 aliphatic heterocycles. The van der Waals surface area contributed by atoms with E-state index in [-0.39, 0.29) is 6.61 Å². The number of benzene rings is 3. The second kappa shape index (κ2) is 7.83. The molecule has 0 aliphatic carbocycles. The Morgan fingerprint density at radius 3 is 1.85 bits per heavy atom. The van der Waals surface area contributed by atoms with Gasteiger partial charge < -0.3 is 4.74 Å². The number of hydrogen-bond acceptors (Lipinski definition) is 1. The third-order valence-electron chi connectivity index (χ3n) is 3.59. The molecule has 1 nitrogen and oxygen atoms in total. The molecule has 0 heterocycles. The molecule has 3 aromatic carbocycles. The predicted octanol–water partition coefficient (Wildman–Crippen LogP) is 4.59. The van der Waals surface area contributed by atoms with Gasteiger partial charge in [-0.15, -0.1) is 0 Å². The molecular weight excluding hydrogens is 370 g/mol. The van der Waals surface area contributed by atoms with Crippen LogP contribution in [0.3, 0.4) is 0 Å². The first-order valence-corrected chi connectivity index (χ1v) is 8.53. The first-order chi connectivity index (χ1) is 12.5. The van der Waals surface area contributed by atoms with E-state index in [0.29, 0.717) is 11.1 Å². The van der Waals surface area contributed by atoms with Crippen molar-refractivity contribution in [2.75, 3.05) is 0 Å². The van der Waals surface area contributed by atoms with Crippen LogP contribution >= 0.6 is 8.58 Å². The van der Waals surface area contributed by atoms with E-state index in [1.165, 1.54) is 6.07 Å². The topological polar surface area (TPSA) is 9.23 Å². The first kappa shape index (κ1) is 18.3. The van der Waals surface area contributed by atoms with Gasteiger partial charge in [0.2, 0.25) is 5.82 Å². The molecule has 0 radical (unpaired) electrons. The Labute approximate surface area is 148 Å². The fourth-order valence-corrected chi connectivity index (χ4v) is 3.45. The molecule has 0 saturated carbocycles. The van der Waals surface area contributed by atoms with Crippen molar-refractivity contribution in [1.82, 2.24) is 0 Å². The Morgan fingerprint density at radius 1 is 0.654 bits per heavy atom. The molecule has 3 rings (SSSR count). The van der Waals surface area contributed by atoms with Crippen LogP contribution in [0.2, 0.25) is 0 Å². The van der Waals surface area contributed by atoms with Crippen LogP contribution in [-0.4, -0.2) is 0 Å². The van der Waals surface area contributed by atoms with Crippen LogP contribution in [0.5, 0.6) is 5.75 Å². The summed E-state index contributed by atoms with van der Waals surface area (Å²) in [6.07, 6.45) is 0. The van der Waals surface area contributed by atoms with E-state index in [1.54, 1.807) is 18.2 Å². The van der Waals surface area contributed by atoms with E-state index < -0.39 is 43.0 Å². The van der Waals surface area contributed by atoms with Crippen molar-refractivity contribution in [2.24, 2.45) is 0 Å². The normalized spacial score (nSPS) is 11.3. The molecule has 134 valence electrons. The van der Waals surface area contributed by atoms with Gasteiger partial charge in [-0.3, -0.25) is 0 Å². The summed E-state index contributed by atoms with van der Waals surface area (Å²) in [5.41, 5.74) is 0.877. The highest BCUT2D eigenvalue weighted by molar-refractivity contribution is 7.55. The van der Waals surface area contributed by atoms with Crippen LogP contribution in [-0.2, 0) is 6.61 Å². The van der Waals surface area contributed by atoms with Gasteiger partial charge in [-0.25, -0.2) is 22.0 Å². The highest BCUT2D eigenvalue weighted by Crippen LogP contribution is 2.26. The Bertz CT molecular complexity index is 902. The molecule has 0 aliphatic rings. The average molecular weight is 382 g/mol. The van der Waals surface area contributed by atoms with Crippen LogP contribution in [0.25, 0.3) is 0 Å². The molecule has 0 fully saturated rings. The maximum atomic E-state index is 13.9. The highest BCUT2D eigenvalue weighted by Gasteiger charge is 2.26. The molecule has 3 aromatic rings. The van der Waals surface area contributed by atoms with E-state index >= 15 is 0 Å². The molecule has 26 heavy (non-hydrogen) atoms. The van der Waals surface area contributed by atoms with Crippen LogP contribution in [0.4, 0.5) is 22.0 Å². The maximum absolute atomic E-state index is 13.9. The van der Waals surface area contributed by atoms with Crippen molar-refractivity contribution in [2.45, 2.75) is 6.61 Å². The van der Waals surface area contributed by atoms with Gasteiger partial charge >= 0.3 is 0 Å². The second-order valence-corrected chi connectivity index (χ2v) is 6.63. The van der Waals surface area contributed by atoms with Crippen LogP contribution in [0.1, 0.15) is 5.56 Å². The summed E-state index contributed by atoms with van der Waals surface area (Å²) in [6.45, 7) is 0.208. The smallest absolute Gasteiger partial charge is 0.200 e. The third kappa shape index (κ3) is 3.70. The van der Waals surface area contributed by atoms with Crippen molar-refractivity contribution >= 4 is 19.2 Å². The van der Waals surface area contributed by atoms with E-state index in [4.69, 9.17) is 4.74 Å². The zero-order valence-electron chi connectivity index (χ0n) is 13.2. The Kier molecular flexibility index (Phi) is 5.52. The highest BCUT2D eigenvalue weighted by atomic mass is 31.1. The summed E-state index contributed by atoms with van der Waals surface area (Å²) < 4.78 is 73.4. The quantitative estimate of drug-likeness (QED) is 0.272. The Morgan fingerprint density at radius 2 is 1.19 bits per heavy atom. The number of para-hydroxylation sites is 1. The second-order valence-electron chi connectivity index (χ2n) is 5.34. The van der Waals surface area contributed by atoms with E-state index in [0.717, 1.165) is 5.56 Å². The fourth-order valence-electron chi connectivity index (χ4n) is 2.28. The molecule has 0 amide bonds. The zero-order chi connectivity index (χ0) is 18.7. The lowest BCUT2D eigenvalue weighted by atomic mass is 10.2. The molecule has 7 heteroatoms. The molecule has 0 bridgehead atoms. The molecule has 0 saturated heterocycles. The SMILES string of the molecule is Fc1c(F)c(F)c(Pc2ccccc2OCc2ccccc2)c(F)c1F. The fraction of sp³-hybridized carbons (Fsp3) is 0.0526. The van der Waals surface area contributed by atoms with Crippen molar-refractivity contribution in [3.63, 3.8) is 0 Å². The summed E-state index contributed by atoms with van der Waals surface area (Å²) in [5, 5.41) is -0.524. The average Bonchev–Trinajstić information content (AvgIpc) is 2.68. The molecule has 0 spiro atoms. The van der Waals surface area contributed by atoms with Crippen molar-refractivity contribution in [3.05, 3.63) is 89.2 Å². The first-order valence-electron chi connectivity index (χ1n) is 7.53. The van der Waals surface area contributed by atoms with E-state index in [2.05, 4.69) is 0 Å². The monoisotopic (exact) mass is 382 g/mol. The van der Waals surface area contributed by atoms with Gasteiger partial charge in [0.25, 0.3) is 0 Å². The van der Waals surface area contributed by atoms with Gasteiger partial charge in [-0.2, -0.15) is 0 Å². The summed E-state index contributed by atoms with van der Waals surface area (Å²) in [5.74, 6) is -9.39. The number of halogens is 5. The maximum Gasteiger partial charge on any atom is 0.200 e. The minimum atomic E-state index is -2.16. The van der Waals surface area contributed by atoms with Crippen molar-refractivity contribution in [1.29, 1.82) is 0 Å². The minimum absolute atomic E-state index is 0.208. The summed E-state index contributed by atoms with van der Waals surface area (Å²) in [6, 6.07) is 15.6. The van der Waals surface area contributed by atoms with Gasteiger partial charge in [-0.05, 0) is 20.2 Å². The number of rotatable bonds is 5. The summed E-state index contributed by atoms with van der Waals surface area (Å²) in [7, 11) is -0.792. The van der Waals surface area contributed by atoms with Gasteiger partial charge in [0, 0.05) is 5.30 Å². The minimum Gasteiger partial charge on any atom is -0.488 e. The van der Waals surface area contributed by atoms with Crippen molar-refractivity contribution in [3.8, 4) is 5.75 Å². The summed E-state index contributed by atoms with van der Waals surface area (Å²) >= 11 is 0. The Balaban J connectivity index is 1.90. The largest absolute Gasteiger partial charge is 0.488 e. The number of ether oxygens (including phenoxy) is 1. The van der Waals surface area contributed by atoms with Crippen LogP contribution in [0, 0.1) is 29.1 Å². The van der Waals surface area contributed by atoms with Crippen LogP contribution < -0.4 is 15.3 Å². The molecular formula is C19H12F5OP. The van der Waals surface area contributed by atoms with Crippen molar-refractivity contribution < 1.29 is 26.7 Å². The number of hydrogen-bond donors (Lipinski definition) is 0. The lowest BCUT2D eigenvalue weighted by Crippen LogP contribution is -2.19. The third-order valence-corrected chi connectivity index (χ3v) is 4.97. The Hall–Kier alpha value is -2.46. The molecule has 1 atom stereocenters.